The number of alkyl halides is 1. The Morgan fingerprint density at radius 3 is 2.35 bits per heavy atom. The van der Waals surface area contributed by atoms with E-state index in [0.717, 1.165) is 17.7 Å². The molecule has 0 spiro atoms. The molecule has 1 aliphatic heterocycles. The Balaban J connectivity index is 2.09. The molecule has 114 valence electrons. The predicted octanol–water partition coefficient (Wildman–Crippen LogP) is 3.93. The number of sulfonamides is 1. The van der Waals surface area contributed by atoms with Crippen LogP contribution in [0.1, 0.15) is 38.5 Å². The van der Waals surface area contributed by atoms with Crippen molar-refractivity contribution in [2.45, 2.75) is 43.7 Å². The van der Waals surface area contributed by atoms with Gasteiger partial charge in [0.25, 0.3) is 10.0 Å². The maximum absolute atomic E-state index is 12.6. The summed E-state index contributed by atoms with van der Waals surface area (Å²) in [6.07, 6.45) is 1.88. The summed E-state index contributed by atoms with van der Waals surface area (Å²) in [4.78, 5) is 0.898. The van der Waals surface area contributed by atoms with E-state index in [9.17, 15) is 8.42 Å². The molecule has 0 N–H and O–H groups in total. The average molecular weight is 336 g/mol. The Kier molecular flexibility index (Phi) is 4.84. The second-order valence-corrected chi connectivity index (χ2v) is 10.00. The summed E-state index contributed by atoms with van der Waals surface area (Å²) in [7, 11) is -3.33. The molecule has 3 nitrogen and oxygen atoms in total. The highest BCUT2D eigenvalue weighted by Gasteiger charge is 2.34. The largest absolute Gasteiger partial charge is 0.252 e. The van der Waals surface area contributed by atoms with Crippen molar-refractivity contribution in [2.75, 3.05) is 13.1 Å². The molecular weight excluding hydrogens is 314 g/mol. The normalized spacial score (nSPS) is 19.4. The molecule has 0 amide bonds. The third-order valence-electron chi connectivity index (χ3n) is 4.04. The van der Waals surface area contributed by atoms with Gasteiger partial charge in [-0.25, -0.2) is 8.42 Å². The minimum Gasteiger partial charge on any atom is -0.206 e. The molecule has 2 rings (SSSR count). The summed E-state index contributed by atoms with van der Waals surface area (Å²) < 4.78 is 27.2. The number of hydrogen-bond donors (Lipinski definition) is 0. The lowest BCUT2D eigenvalue weighted by Crippen LogP contribution is -2.41. The van der Waals surface area contributed by atoms with Gasteiger partial charge in [-0.3, -0.25) is 0 Å². The fourth-order valence-electron chi connectivity index (χ4n) is 2.66. The Morgan fingerprint density at radius 2 is 1.90 bits per heavy atom. The molecule has 1 aromatic heterocycles. The Labute approximate surface area is 131 Å². The second kappa shape index (κ2) is 5.95. The van der Waals surface area contributed by atoms with E-state index in [0.29, 0.717) is 29.1 Å². The fourth-order valence-corrected chi connectivity index (χ4v) is 5.74. The van der Waals surface area contributed by atoms with Crippen molar-refractivity contribution in [1.29, 1.82) is 0 Å². The zero-order valence-electron chi connectivity index (χ0n) is 12.2. The van der Waals surface area contributed by atoms with E-state index < -0.39 is 10.0 Å². The lowest BCUT2D eigenvalue weighted by atomic mass is 9.76. The molecule has 1 saturated heterocycles. The van der Waals surface area contributed by atoms with Gasteiger partial charge in [0.2, 0.25) is 0 Å². The maximum Gasteiger partial charge on any atom is 0.252 e. The number of rotatable bonds is 3. The standard InChI is InChI=1S/C14H22ClNO2S2/c1-14(2,3)11-6-8-16(9-7-11)20(17,18)13-5-4-12(10-15)19-13/h4-5,11H,6-10H2,1-3H3. The second-order valence-electron chi connectivity index (χ2n) is 6.40. The first-order valence-electron chi connectivity index (χ1n) is 6.90. The van der Waals surface area contributed by atoms with Crippen molar-refractivity contribution in [1.82, 2.24) is 4.31 Å². The highest BCUT2D eigenvalue weighted by atomic mass is 35.5. The van der Waals surface area contributed by atoms with Crippen LogP contribution in [-0.2, 0) is 15.9 Å². The van der Waals surface area contributed by atoms with E-state index in [2.05, 4.69) is 20.8 Å². The van der Waals surface area contributed by atoms with Gasteiger partial charge in [0.15, 0.2) is 0 Å². The summed E-state index contributed by atoms with van der Waals surface area (Å²) in [5.41, 5.74) is 0.255. The van der Waals surface area contributed by atoms with E-state index in [1.54, 1.807) is 16.4 Å². The van der Waals surface area contributed by atoms with Crippen LogP contribution in [-0.4, -0.2) is 25.8 Å². The van der Waals surface area contributed by atoms with E-state index in [1.165, 1.54) is 11.3 Å². The monoisotopic (exact) mass is 335 g/mol. The molecule has 0 radical (unpaired) electrons. The zero-order chi connectivity index (χ0) is 15.0. The summed E-state index contributed by atoms with van der Waals surface area (Å²) in [6.45, 7) is 7.94. The SMILES string of the molecule is CC(C)(C)C1CCN(S(=O)(=O)c2ccc(CCl)s2)CC1. The van der Waals surface area contributed by atoms with Gasteiger partial charge < -0.3 is 0 Å². The fraction of sp³-hybridized carbons (Fsp3) is 0.714. The lowest BCUT2D eigenvalue weighted by molar-refractivity contribution is 0.154. The van der Waals surface area contributed by atoms with Gasteiger partial charge in [-0.2, -0.15) is 4.31 Å². The molecule has 1 aliphatic rings. The van der Waals surface area contributed by atoms with Crippen LogP contribution in [0.15, 0.2) is 16.3 Å². The molecule has 2 heterocycles. The van der Waals surface area contributed by atoms with Crippen molar-refractivity contribution in [3.63, 3.8) is 0 Å². The van der Waals surface area contributed by atoms with Crippen molar-refractivity contribution < 1.29 is 8.42 Å². The van der Waals surface area contributed by atoms with Crippen LogP contribution >= 0.6 is 22.9 Å². The molecule has 0 saturated carbocycles. The Bertz CT molecular complexity index is 552. The molecule has 0 bridgehead atoms. The van der Waals surface area contributed by atoms with Crippen LogP contribution in [0.25, 0.3) is 0 Å². The van der Waals surface area contributed by atoms with Crippen LogP contribution < -0.4 is 0 Å². The molecule has 6 heteroatoms. The van der Waals surface area contributed by atoms with Gasteiger partial charge in [-0.1, -0.05) is 20.8 Å². The maximum atomic E-state index is 12.6. The molecule has 1 aromatic rings. The average Bonchev–Trinajstić information content (AvgIpc) is 2.87. The van der Waals surface area contributed by atoms with E-state index >= 15 is 0 Å². The first-order chi connectivity index (χ1) is 9.25. The van der Waals surface area contributed by atoms with Gasteiger partial charge in [0.1, 0.15) is 4.21 Å². The number of nitrogens with zero attached hydrogens (tertiary/aromatic N) is 1. The van der Waals surface area contributed by atoms with Crippen molar-refractivity contribution in [2.24, 2.45) is 11.3 Å². The van der Waals surface area contributed by atoms with Crippen molar-refractivity contribution >= 4 is 33.0 Å². The summed E-state index contributed by atoms with van der Waals surface area (Å²) >= 11 is 7.03. The predicted molar refractivity (Wildman–Crippen MR) is 84.8 cm³/mol. The Hall–Kier alpha value is -0.100. The minimum absolute atomic E-state index is 0.255. The first kappa shape index (κ1) is 16.3. The Morgan fingerprint density at radius 1 is 1.30 bits per heavy atom. The van der Waals surface area contributed by atoms with Crippen LogP contribution in [0.4, 0.5) is 0 Å². The highest BCUT2D eigenvalue weighted by molar-refractivity contribution is 7.91. The molecule has 20 heavy (non-hydrogen) atoms. The van der Waals surface area contributed by atoms with E-state index in [-0.39, 0.29) is 5.41 Å². The number of halogens is 1. The molecule has 1 fully saturated rings. The lowest BCUT2D eigenvalue weighted by Gasteiger charge is -2.38. The minimum atomic E-state index is -3.33. The summed E-state index contributed by atoms with van der Waals surface area (Å²) in [5.74, 6) is 0.961. The van der Waals surface area contributed by atoms with Crippen LogP contribution in [0.5, 0.6) is 0 Å². The van der Waals surface area contributed by atoms with E-state index in [4.69, 9.17) is 11.6 Å². The summed E-state index contributed by atoms with van der Waals surface area (Å²) in [6, 6.07) is 3.47. The van der Waals surface area contributed by atoms with E-state index in [1.807, 2.05) is 0 Å². The van der Waals surface area contributed by atoms with Crippen LogP contribution in [0, 0.1) is 11.3 Å². The number of hydrogen-bond acceptors (Lipinski definition) is 3. The summed E-state index contributed by atoms with van der Waals surface area (Å²) in [5, 5.41) is 0. The van der Waals surface area contributed by atoms with Gasteiger partial charge in [0.05, 0.1) is 5.88 Å². The topological polar surface area (TPSA) is 37.4 Å². The smallest absolute Gasteiger partial charge is 0.206 e. The first-order valence-corrected chi connectivity index (χ1v) is 9.69. The van der Waals surface area contributed by atoms with Gasteiger partial charge in [-0.05, 0) is 36.3 Å². The zero-order valence-corrected chi connectivity index (χ0v) is 14.6. The number of piperidine rings is 1. The van der Waals surface area contributed by atoms with Crippen molar-refractivity contribution in [3.8, 4) is 0 Å². The molecule has 0 aliphatic carbocycles. The van der Waals surface area contributed by atoms with Crippen LogP contribution in [0.3, 0.4) is 0 Å². The van der Waals surface area contributed by atoms with Gasteiger partial charge >= 0.3 is 0 Å². The molecule has 0 aromatic carbocycles. The van der Waals surface area contributed by atoms with Crippen molar-refractivity contribution in [3.05, 3.63) is 17.0 Å². The third-order valence-corrected chi connectivity index (χ3v) is 7.94. The van der Waals surface area contributed by atoms with Gasteiger partial charge in [-0.15, -0.1) is 22.9 Å². The van der Waals surface area contributed by atoms with Crippen LogP contribution in [0.2, 0.25) is 0 Å². The third kappa shape index (κ3) is 3.38. The molecular formula is C14H22ClNO2S2. The molecule has 0 atom stereocenters. The molecule has 0 unspecified atom stereocenters. The quantitative estimate of drug-likeness (QED) is 0.785. The highest BCUT2D eigenvalue weighted by Crippen LogP contribution is 2.36. The number of thiophene rings is 1. The van der Waals surface area contributed by atoms with Gasteiger partial charge in [0, 0.05) is 18.0 Å².